The van der Waals surface area contributed by atoms with E-state index >= 15 is 0 Å². The van der Waals surface area contributed by atoms with Crippen LogP contribution < -0.4 is 0 Å². The highest BCUT2D eigenvalue weighted by Gasteiger charge is 2.53. The Morgan fingerprint density at radius 2 is 2.46 bits per heavy atom. The van der Waals surface area contributed by atoms with E-state index in [1.165, 1.54) is 0 Å². The van der Waals surface area contributed by atoms with E-state index in [-0.39, 0.29) is 0 Å². The minimum Gasteiger partial charge on any atom is -0.469 e. The summed E-state index contributed by atoms with van der Waals surface area (Å²) < 4.78 is 5.20. The summed E-state index contributed by atoms with van der Waals surface area (Å²) in [6.45, 7) is 4.06. The van der Waals surface area contributed by atoms with Crippen LogP contribution in [0.1, 0.15) is 37.5 Å². The van der Waals surface area contributed by atoms with E-state index in [1.54, 1.807) is 6.26 Å². The van der Waals surface area contributed by atoms with Crippen molar-refractivity contribution in [1.82, 2.24) is 0 Å². The highest BCUT2D eigenvalue weighted by molar-refractivity contribution is 5.27. The van der Waals surface area contributed by atoms with Crippen molar-refractivity contribution in [1.29, 1.82) is 0 Å². The second kappa shape index (κ2) is 2.88. The van der Waals surface area contributed by atoms with Crippen LogP contribution in [0, 0.1) is 12.8 Å². The van der Waals surface area contributed by atoms with Gasteiger partial charge in [0, 0.05) is 5.56 Å². The third kappa shape index (κ3) is 1.39. The van der Waals surface area contributed by atoms with Crippen LogP contribution in [-0.4, -0.2) is 5.11 Å². The van der Waals surface area contributed by atoms with E-state index in [4.69, 9.17) is 4.42 Å². The third-order valence-electron chi connectivity index (χ3n) is 2.94. The second-order valence-corrected chi connectivity index (χ2v) is 4.06. The number of aliphatic hydroxyl groups is 1. The molecule has 1 fully saturated rings. The lowest BCUT2D eigenvalue weighted by Crippen LogP contribution is -2.06. The van der Waals surface area contributed by atoms with Crippen molar-refractivity contribution in [2.75, 3.05) is 0 Å². The van der Waals surface area contributed by atoms with Crippen molar-refractivity contribution in [3.8, 4) is 0 Å². The Balaban J connectivity index is 2.11. The highest BCUT2D eigenvalue weighted by Crippen LogP contribution is 2.54. The molecule has 1 N–H and O–H groups in total. The zero-order valence-electron chi connectivity index (χ0n) is 8.21. The molecule has 1 aliphatic carbocycles. The molecule has 2 heteroatoms. The van der Waals surface area contributed by atoms with Crippen molar-refractivity contribution >= 4 is 0 Å². The molecule has 1 aromatic heterocycles. The number of hydrogen-bond acceptors (Lipinski definition) is 2. The molecule has 72 valence electrons. The number of furan rings is 1. The van der Waals surface area contributed by atoms with Crippen LogP contribution >= 0.6 is 0 Å². The molecule has 0 aromatic carbocycles. The van der Waals surface area contributed by atoms with E-state index in [2.05, 4.69) is 6.92 Å². The second-order valence-electron chi connectivity index (χ2n) is 4.06. The predicted octanol–water partition coefficient (Wildman–Crippen LogP) is 2.60. The fraction of sp³-hybridized carbons (Fsp3) is 0.636. The van der Waals surface area contributed by atoms with Crippen LogP contribution in [0.5, 0.6) is 0 Å². The van der Waals surface area contributed by atoms with Gasteiger partial charge in [-0.3, -0.25) is 0 Å². The van der Waals surface area contributed by atoms with Gasteiger partial charge in [-0.2, -0.15) is 0 Å². The van der Waals surface area contributed by atoms with Gasteiger partial charge in [0.15, 0.2) is 0 Å². The molecule has 2 unspecified atom stereocenters. The van der Waals surface area contributed by atoms with Gasteiger partial charge in [-0.15, -0.1) is 0 Å². The van der Waals surface area contributed by atoms with E-state index in [0.717, 1.165) is 30.6 Å². The fourth-order valence-corrected chi connectivity index (χ4v) is 2.03. The molecule has 2 rings (SSSR count). The standard InChI is InChI=1S/C11H16O2/c1-3-4-9-6-11(9,12)10-5-8(2)13-7-10/h5,7,9,12H,3-4,6H2,1-2H3. The average Bonchev–Trinajstić information content (AvgIpc) is 2.57. The van der Waals surface area contributed by atoms with Gasteiger partial charge >= 0.3 is 0 Å². The molecule has 1 aliphatic rings. The molecule has 0 bridgehead atoms. The maximum atomic E-state index is 10.1. The molecule has 1 aromatic rings. The maximum absolute atomic E-state index is 10.1. The Morgan fingerprint density at radius 3 is 3.00 bits per heavy atom. The van der Waals surface area contributed by atoms with Crippen LogP contribution in [0.2, 0.25) is 0 Å². The molecule has 0 saturated heterocycles. The summed E-state index contributed by atoms with van der Waals surface area (Å²) >= 11 is 0. The van der Waals surface area contributed by atoms with Crippen molar-refractivity contribution < 1.29 is 9.52 Å². The van der Waals surface area contributed by atoms with Gasteiger partial charge in [0.2, 0.25) is 0 Å². The monoisotopic (exact) mass is 180 g/mol. The number of hydrogen-bond donors (Lipinski definition) is 1. The van der Waals surface area contributed by atoms with E-state index in [1.807, 2.05) is 13.0 Å². The minimum absolute atomic E-state index is 0.453. The molecule has 1 saturated carbocycles. The molecule has 2 nitrogen and oxygen atoms in total. The van der Waals surface area contributed by atoms with E-state index < -0.39 is 5.60 Å². The van der Waals surface area contributed by atoms with Gasteiger partial charge in [0.1, 0.15) is 5.76 Å². The number of rotatable bonds is 3. The van der Waals surface area contributed by atoms with E-state index in [9.17, 15) is 5.11 Å². The first-order valence-corrected chi connectivity index (χ1v) is 4.95. The van der Waals surface area contributed by atoms with Crippen LogP contribution in [0.3, 0.4) is 0 Å². The van der Waals surface area contributed by atoms with Crippen LogP contribution in [0.4, 0.5) is 0 Å². The molecule has 0 spiro atoms. The van der Waals surface area contributed by atoms with Crippen molar-refractivity contribution in [3.63, 3.8) is 0 Å². The Hall–Kier alpha value is -0.760. The first kappa shape index (κ1) is 8.82. The molecule has 2 atom stereocenters. The molecule has 0 amide bonds. The van der Waals surface area contributed by atoms with E-state index in [0.29, 0.717) is 5.92 Å². The summed E-state index contributed by atoms with van der Waals surface area (Å²) in [6.07, 6.45) is 4.84. The summed E-state index contributed by atoms with van der Waals surface area (Å²) in [7, 11) is 0. The molecule has 0 radical (unpaired) electrons. The van der Waals surface area contributed by atoms with Gasteiger partial charge < -0.3 is 9.52 Å². The molecule has 0 aliphatic heterocycles. The normalized spacial score (nSPS) is 32.1. The van der Waals surface area contributed by atoms with Crippen LogP contribution in [-0.2, 0) is 5.60 Å². The average molecular weight is 180 g/mol. The summed E-state index contributed by atoms with van der Waals surface area (Å²) in [4.78, 5) is 0. The summed E-state index contributed by atoms with van der Waals surface area (Å²) in [5.41, 5.74) is 0.400. The van der Waals surface area contributed by atoms with Gasteiger partial charge in [0.25, 0.3) is 0 Å². The van der Waals surface area contributed by atoms with Gasteiger partial charge in [0.05, 0.1) is 11.9 Å². The molecule has 1 heterocycles. The van der Waals surface area contributed by atoms with Gasteiger partial charge in [-0.25, -0.2) is 0 Å². The Bertz CT molecular complexity index is 303. The maximum Gasteiger partial charge on any atom is 0.101 e. The van der Waals surface area contributed by atoms with Crippen molar-refractivity contribution in [2.24, 2.45) is 5.92 Å². The SMILES string of the molecule is CCCC1CC1(O)c1coc(C)c1. The lowest BCUT2D eigenvalue weighted by atomic mass is 10.1. The van der Waals surface area contributed by atoms with Gasteiger partial charge in [-0.1, -0.05) is 13.3 Å². The zero-order valence-corrected chi connectivity index (χ0v) is 8.21. The van der Waals surface area contributed by atoms with Gasteiger partial charge in [-0.05, 0) is 31.7 Å². The Kier molecular flexibility index (Phi) is 1.95. The lowest BCUT2D eigenvalue weighted by Gasteiger charge is -2.05. The molecular formula is C11H16O2. The zero-order chi connectivity index (χ0) is 9.47. The summed E-state index contributed by atoms with van der Waals surface area (Å²) in [5, 5.41) is 10.1. The smallest absolute Gasteiger partial charge is 0.101 e. The Labute approximate surface area is 78.6 Å². The quantitative estimate of drug-likeness (QED) is 0.775. The molecule has 13 heavy (non-hydrogen) atoms. The summed E-state index contributed by atoms with van der Waals surface area (Å²) in [6, 6.07) is 1.94. The summed E-state index contributed by atoms with van der Waals surface area (Å²) in [5.74, 6) is 1.33. The third-order valence-corrected chi connectivity index (χ3v) is 2.94. The predicted molar refractivity (Wildman–Crippen MR) is 50.4 cm³/mol. The topological polar surface area (TPSA) is 33.4 Å². The molecular weight excluding hydrogens is 164 g/mol. The first-order valence-electron chi connectivity index (χ1n) is 4.95. The van der Waals surface area contributed by atoms with Crippen LogP contribution in [0.25, 0.3) is 0 Å². The largest absolute Gasteiger partial charge is 0.469 e. The highest BCUT2D eigenvalue weighted by atomic mass is 16.3. The first-order chi connectivity index (χ1) is 6.16. The van der Waals surface area contributed by atoms with Crippen molar-refractivity contribution in [2.45, 2.75) is 38.7 Å². The fourth-order valence-electron chi connectivity index (χ4n) is 2.03. The minimum atomic E-state index is -0.562. The number of aryl methyl sites for hydroxylation is 1. The van der Waals surface area contributed by atoms with Crippen LogP contribution in [0.15, 0.2) is 16.7 Å². The lowest BCUT2D eigenvalue weighted by molar-refractivity contribution is 0.128. The Morgan fingerprint density at radius 1 is 1.69 bits per heavy atom. The van der Waals surface area contributed by atoms with Crippen molar-refractivity contribution in [3.05, 3.63) is 23.7 Å².